The molecular weight excluding hydrogens is 308 g/mol. The largest absolute Gasteiger partial charge is 0.405 e. The van der Waals surface area contributed by atoms with Crippen LogP contribution in [0.15, 0.2) is 24.9 Å². The number of hydrogen-bond donors (Lipinski definition) is 1. The molecule has 0 saturated heterocycles. The third kappa shape index (κ3) is 2.64. The summed E-state index contributed by atoms with van der Waals surface area (Å²) >= 11 is 0. The van der Waals surface area contributed by atoms with Gasteiger partial charge in [0.15, 0.2) is 0 Å². The van der Waals surface area contributed by atoms with Crippen LogP contribution >= 0.6 is 0 Å². The molecule has 2 aromatic rings. The Balaban J connectivity index is 1.82. The molecule has 0 radical (unpaired) electrons. The highest BCUT2D eigenvalue weighted by Crippen LogP contribution is 2.33. The fourth-order valence-electron chi connectivity index (χ4n) is 4.08. The average molecular weight is 330 g/mol. The Morgan fingerprint density at radius 1 is 1.08 bits per heavy atom. The average Bonchev–Trinajstić information content (AvgIpc) is 2.99. The van der Waals surface area contributed by atoms with Crippen LogP contribution in [0.4, 0.5) is 0 Å². The molecule has 2 aliphatic carbocycles. The third-order valence-electron chi connectivity index (χ3n) is 5.65. The monoisotopic (exact) mass is 330 g/mol. The van der Waals surface area contributed by atoms with E-state index in [2.05, 4.69) is 4.98 Å². The van der Waals surface area contributed by atoms with Crippen LogP contribution in [0.1, 0.15) is 63.0 Å². The van der Waals surface area contributed by atoms with E-state index in [0.717, 1.165) is 25.7 Å². The molecule has 2 aromatic heterocycles. The smallest absolute Gasteiger partial charge is 0.337 e. The Hall–Kier alpha value is -2.11. The topological polar surface area (TPSA) is 85.1 Å². The summed E-state index contributed by atoms with van der Waals surface area (Å²) in [7, 11) is 0. The van der Waals surface area contributed by atoms with Crippen LogP contribution < -0.4 is 16.9 Å². The van der Waals surface area contributed by atoms with Gasteiger partial charge in [-0.1, -0.05) is 25.7 Å². The van der Waals surface area contributed by atoms with E-state index in [1.807, 2.05) is 0 Å². The first-order valence-electron chi connectivity index (χ1n) is 8.95. The van der Waals surface area contributed by atoms with Crippen molar-refractivity contribution in [3.8, 4) is 0 Å². The Bertz CT molecular complexity index is 927. The Kier molecular flexibility index (Phi) is 3.90. The van der Waals surface area contributed by atoms with Crippen molar-refractivity contribution in [1.29, 1.82) is 0 Å². The number of aromatic nitrogens is 2. The molecule has 0 aromatic carbocycles. The van der Waals surface area contributed by atoms with E-state index in [-0.39, 0.29) is 11.8 Å². The van der Waals surface area contributed by atoms with E-state index < -0.39 is 16.9 Å². The highest BCUT2D eigenvalue weighted by molar-refractivity contribution is 5.76. The van der Waals surface area contributed by atoms with E-state index in [1.165, 1.54) is 36.3 Å². The second kappa shape index (κ2) is 6.07. The zero-order valence-electron chi connectivity index (χ0n) is 13.7. The standard InChI is InChI=1S/C18H22N2O4/c21-14-10-12(9-8-11-4-1-2-5-11)15-16(22)19-18(23)20(17(15)24-14)13-6-3-7-13/h10-11,13H,1-9H2,(H,19,22,23). The Morgan fingerprint density at radius 3 is 2.50 bits per heavy atom. The van der Waals surface area contributed by atoms with Crippen LogP contribution in [0.5, 0.6) is 0 Å². The Morgan fingerprint density at radius 2 is 1.83 bits per heavy atom. The Labute approximate surface area is 138 Å². The minimum Gasteiger partial charge on any atom is -0.405 e. The molecule has 0 bridgehead atoms. The molecule has 0 unspecified atom stereocenters. The van der Waals surface area contributed by atoms with Gasteiger partial charge >= 0.3 is 11.3 Å². The first-order valence-corrected chi connectivity index (χ1v) is 8.95. The number of rotatable bonds is 4. The number of nitrogens with zero attached hydrogens (tertiary/aromatic N) is 1. The van der Waals surface area contributed by atoms with Gasteiger partial charge in [0.2, 0.25) is 5.71 Å². The number of H-pyrrole nitrogens is 1. The molecular formula is C18H22N2O4. The summed E-state index contributed by atoms with van der Waals surface area (Å²) in [4.78, 5) is 39.0. The van der Waals surface area contributed by atoms with E-state index in [0.29, 0.717) is 23.3 Å². The number of aromatic amines is 1. The maximum Gasteiger partial charge on any atom is 0.337 e. The lowest BCUT2D eigenvalue weighted by Crippen LogP contribution is -2.36. The fourth-order valence-corrected chi connectivity index (χ4v) is 4.08. The molecule has 2 heterocycles. The van der Waals surface area contributed by atoms with E-state index >= 15 is 0 Å². The summed E-state index contributed by atoms with van der Waals surface area (Å²) in [5.41, 5.74) is -0.545. The quantitative estimate of drug-likeness (QED) is 0.933. The second-order valence-electron chi connectivity index (χ2n) is 7.17. The van der Waals surface area contributed by atoms with Crippen molar-refractivity contribution in [2.45, 2.75) is 63.8 Å². The zero-order valence-corrected chi connectivity index (χ0v) is 13.7. The van der Waals surface area contributed by atoms with Crippen LogP contribution in [0, 0.1) is 5.92 Å². The molecule has 128 valence electrons. The third-order valence-corrected chi connectivity index (χ3v) is 5.65. The summed E-state index contributed by atoms with van der Waals surface area (Å²) in [5.74, 6) is 0.670. The minimum atomic E-state index is -0.484. The van der Waals surface area contributed by atoms with Gasteiger partial charge in [-0.2, -0.15) is 0 Å². The first kappa shape index (κ1) is 15.4. The number of aryl methyl sites for hydroxylation is 1. The molecule has 2 aliphatic rings. The van der Waals surface area contributed by atoms with Crippen molar-refractivity contribution in [3.63, 3.8) is 0 Å². The molecule has 6 nitrogen and oxygen atoms in total. The molecule has 24 heavy (non-hydrogen) atoms. The molecule has 1 N–H and O–H groups in total. The molecule has 0 spiro atoms. The predicted octanol–water partition coefficient (Wildman–Crippen LogP) is 2.49. The maximum atomic E-state index is 12.4. The normalized spacial score (nSPS) is 19.0. The lowest BCUT2D eigenvalue weighted by molar-refractivity contribution is 0.298. The summed E-state index contributed by atoms with van der Waals surface area (Å²) in [5, 5.41) is 0.374. The molecule has 0 amide bonds. The van der Waals surface area contributed by atoms with E-state index in [1.54, 1.807) is 0 Å². The van der Waals surface area contributed by atoms with Gasteiger partial charge in [-0.15, -0.1) is 0 Å². The zero-order chi connectivity index (χ0) is 16.7. The molecule has 4 rings (SSSR count). The van der Waals surface area contributed by atoms with Gasteiger partial charge in [0.25, 0.3) is 5.56 Å². The van der Waals surface area contributed by atoms with Crippen molar-refractivity contribution in [1.82, 2.24) is 9.55 Å². The summed E-state index contributed by atoms with van der Waals surface area (Å²) < 4.78 is 6.78. The lowest BCUT2D eigenvalue weighted by Gasteiger charge is -2.27. The molecule has 2 saturated carbocycles. The second-order valence-corrected chi connectivity index (χ2v) is 7.17. The number of fused-ring (bicyclic) bond motifs is 1. The predicted molar refractivity (Wildman–Crippen MR) is 90.5 cm³/mol. The van der Waals surface area contributed by atoms with E-state index in [4.69, 9.17) is 4.42 Å². The number of nitrogens with one attached hydrogen (secondary N) is 1. The van der Waals surface area contributed by atoms with Crippen molar-refractivity contribution in [3.05, 3.63) is 42.9 Å². The van der Waals surface area contributed by atoms with Crippen molar-refractivity contribution >= 4 is 11.1 Å². The molecule has 2 fully saturated rings. The van der Waals surface area contributed by atoms with Crippen LogP contribution in [0.3, 0.4) is 0 Å². The maximum absolute atomic E-state index is 12.4. The van der Waals surface area contributed by atoms with Crippen LogP contribution in [0.2, 0.25) is 0 Å². The van der Waals surface area contributed by atoms with Crippen LogP contribution in [0.25, 0.3) is 11.1 Å². The van der Waals surface area contributed by atoms with Crippen LogP contribution in [-0.2, 0) is 6.42 Å². The fraction of sp³-hybridized carbons (Fsp3) is 0.611. The summed E-state index contributed by atoms with van der Waals surface area (Å²) in [6.07, 6.45) is 9.43. The van der Waals surface area contributed by atoms with Gasteiger partial charge in [0, 0.05) is 12.1 Å². The highest BCUT2D eigenvalue weighted by Gasteiger charge is 2.26. The van der Waals surface area contributed by atoms with Gasteiger partial charge in [0.1, 0.15) is 5.39 Å². The first-order chi connectivity index (χ1) is 11.6. The van der Waals surface area contributed by atoms with Crippen molar-refractivity contribution < 1.29 is 4.42 Å². The van der Waals surface area contributed by atoms with Crippen molar-refractivity contribution in [2.75, 3.05) is 0 Å². The van der Waals surface area contributed by atoms with Gasteiger partial charge in [-0.25, -0.2) is 9.59 Å². The SMILES string of the molecule is O=c1cc(CCC2CCCC2)c2c(=O)[nH]c(=O)n(C3CCC3)c2o1. The molecule has 0 atom stereocenters. The summed E-state index contributed by atoms with van der Waals surface area (Å²) in [6.45, 7) is 0. The molecule has 0 aliphatic heterocycles. The lowest BCUT2D eigenvalue weighted by atomic mass is 9.92. The van der Waals surface area contributed by atoms with Gasteiger partial charge in [0.05, 0.1) is 0 Å². The van der Waals surface area contributed by atoms with Crippen molar-refractivity contribution in [2.24, 2.45) is 5.92 Å². The van der Waals surface area contributed by atoms with Gasteiger partial charge in [-0.05, 0) is 43.6 Å². The van der Waals surface area contributed by atoms with Crippen LogP contribution in [-0.4, -0.2) is 9.55 Å². The summed E-state index contributed by atoms with van der Waals surface area (Å²) in [6, 6.07) is 1.44. The minimum absolute atomic E-state index is 0.0186. The van der Waals surface area contributed by atoms with Gasteiger partial charge < -0.3 is 4.42 Å². The van der Waals surface area contributed by atoms with E-state index in [9.17, 15) is 14.4 Å². The molecule has 6 heteroatoms. The highest BCUT2D eigenvalue weighted by atomic mass is 16.4. The number of hydrogen-bond acceptors (Lipinski definition) is 4. The van der Waals surface area contributed by atoms with Gasteiger partial charge in [-0.3, -0.25) is 14.3 Å².